The summed E-state index contributed by atoms with van der Waals surface area (Å²) < 4.78 is 42.7. The minimum absolute atomic E-state index is 0.0243. The lowest BCUT2D eigenvalue weighted by Gasteiger charge is -2.49. The van der Waals surface area contributed by atoms with E-state index in [1.807, 2.05) is 43.3 Å². The summed E-state index contributed by atoms with van der Waals surface area (Å²) in [5, 5.41) is 8.90. The zero-order chi connectivity index (χ0) is 31.8. The number of thioether (sulfide) groups is 1. The summed E-state index contributed by atoms with van der Waals surface area (Å²) in [6, 6.07) is 15.5. The van der Waals surface area contributed by atoms with Crippen molar-refractivity contribution in [1.82, 2.24) is 24.9 Å². The molecular formula is C32H30BrClFN5O5S. The van der Waals surface area contributed by atoms with E-state index in [0.717, 1.165) is 16.5 Å². The van der Waals surface area contributed by atoms with Crippen LogP contribution < -0.4 is 0 Å². The summed E-state index contributed by atoms with van der Waals surface area (Å²) in [5.41, 5.74) is 1.61. The van der Waals surface area contributed by atoms with Gasteiger partial charge in [0.2, 0.25) is 0 Å². The Labute approximate surface area is 282 Å². The minimum Gasteiger partial charge on any atom is -0.373 e. The van der Waals surface area contributed by atoms with Gasteiger partial charge in [-0.15, -0.1) is 5.10 Å². The van der Waals surface area contributed by atoms with Gasteiger partial charge in [0.25, 0.3) is 5.91 Å². The summed E-state index contributed by atoms with van der Waals surface area (Å²) in [6.07, 6.45) is 2.05. The van der Waals surface area contributed by atoms with Crippen molar-refractivity contribution in [3.8, 4) is 11.3 Å². The molecule has 5 heterocycles. The number of hydrogen-bond acceptors (Lipinski definition) is 9. The average Bonchev–Trinajstić information content (AvgIpc) is 3.52. The van der Waals surface area contributed by atoms with Crippen molar-refractivity contribution in [2.24, 2.45) is 0 Å². The number of likely N-dealkylation sites (tertiary alicyclic amines) is 1. The van der Waals surface area contributed by atoms with Crippen molar-refractivity contribution >= 4 is 45.2 Å². The Bertz CT molecular complexity index is 1720. The SMILES string of the molecule is CCOC1C(n2cc(-c3ccc(Cl)c(F)c3)nn2)[C@H]2OC(c3ccccc3)OCC2O[C@@H]1Sc1cc(Br)cnc1C(=O)N1CCC1. The maximum Gasteiger partial charge on any atom is 0.273 e. The highest BCUT2D eigenvalue weighted by atomic mass is 79.9. The van der Waals surface area contributed by atoms with Crippen LogP contribution in [0.5, 0.6) is 0 Å². The molecule has 1 amide bonds. The molecule has 0 radical (unpaired) electrons. The number of amides is 1. The topological polar surface area (TPSA) is 101 Å². The molecule has 0 bridgehead atoms. The summed E-state index contributed by atoms with van der Waals surface area (Å²) in [7, 11) is 0. The van der Waals surface area contributed by atoms with E-state index in [9.17, 15) is 9.18 Å². The molecule has 7 rings (SSSR count). The van der Waals surface area contributed by atoms with Crippen LogP contribution in [-0.4, -0.2) is 80.8 Å². The molecule has 0 spiro atoms. The highest BCUT2D eigenvalue weighted by Crippen LogP contribution is 2.45. The fourth-order valence-corrected chi connectivity index (χ4v) is 7.66. The largest absolute Gasteiger partial charge is 0.373 e. The number of halogens is 3. The minimum atomic E-state index is -0.636. The van der Waals surface area contributed by atoms with Gasteiger partial charge in [0, 0.05) is 46.4 Å². The van der Waals surface area contributed by atoms with Crippen LogP contribution in [0.15, 0.2) is 76.4 Å². The molecule has 4 aromatic rings. The number of aromatic nitrogens is 4. The summed E-state index contributed by atoms with van der Waals surface area (Å²) in [4.78, 5) is 20.3. The molecule has 2 aromatic heterocycles. The van der Waals surface area contributed by atoms with Gasteiger partial charge in [-0.2, -0.15) is 0 Å². The van der Waals surface area contributed by atoms with E-state index in [1.54, 1.807) is 28.0 Å². The molecule has 10 nitrogen and oxygen atoms in total. The third-order valence-corrected chi connectivity index (χ3v) is 10.1. The fourth-order valence-electron chi connectivity index (χ4n) is 5.79. The Morgan fingerprint density at radius 1 is 1.17 bits per heavy atom. The second-order valence-corrected chi connectivity index (χ2v) is 13.6. The first-order chi connectivity index (χ1) is 22.4. The third-order valence-electron chi connectivity index (χ3n) is 8.18. The molecule has 3 aliphatic rings. The summed E-state index contributed by atoms with van der Waals surface area (Å²) in [6.45, 7) is 3.94. The van der Waals surface area contributed by atoms with Crippen LogP contribution in [0.3, 0.4) is 0 Å². The van der Waals surface area contributed by atoms with Crippen LogP contribution in [0, 0.1) is 5.82 Å². The molecule has 0 saturated carbocycles. The van der Waals surface area contributed by atoms with Gasteiger partial charge in [0.1, 0.15) is 47.0 Å². The Balaban J connectivity index is 1.26. The van der Waals surface area contributed by atoms with Gasteiger partial charge in [-0.1, -0.05) is 65.0 Å². The monoisotopic (exact) mass is 729 g/mol. The molecule has 3 aliphatic heterocycles. The van der Waals surface area contributed by atoms with Crippen LogP contribution in [0.1, 0.15) is 41.7 Å². The number of benzene rings is 2. The smallest absolute Gasteiger partial charge is 0.273 e. The first kappa shape index (κ1) is 31.7. The number of nitrogens with zero attached hydrogens (tertiary/aromatic N) is 5. The van der Waals surface area contributed by atoms with E-state index in [1.165, 1.54) is 23.9 Å². The molecule has 0 N–H and O–H groups in total. The van der Waals surface area contributed by atoms with Crippen LogP contribution in [0.25, 0.3) is 11.3 Å². The number of rotatable bonds is 8. The first-order valence-electron chi connectivity index (χ1n) is 15.0. The number of hydrogen-bond donors (Lipinski definition) is 0. The highest BCUT2D eigenvalue weighted by molar-refractivity contribution is 9.10. The second-order valence-electron chi connectivity index (χ2n) is 11.1. The predicted molar refractivity (Wildman–Crippen MR) is 172 cm³/mol. The van der Waals surface area contributed by atoms with Gasteiger partial charge in [0.15, 0.2) is 6.29 Å². The molecule has 240 valence electrons. The van der Waals surface area contributed by atoms with E-state index < -0.39 is 41.9 Å². The Kier molecular flexibility index (Phi) is 9.42. The van der Waals surface area contributed by atoms with Crippen LogP contribution >= 0.6 is 39.3 Å². The molecule has 6 atom stereocenters. The van der Waals surface area contributed by atoms with Crippen LogP contribution in [0.2, 0.25) is 5.02 Å². The van der Waals surface area contributed by atoms with Crippen LogP contribution in [0.4, 0.5) is 4.39 Å². The quantitative estimate of drug-likeness (QED) is 0.206. The number of carbonyl (C=O) groups is 1. The molecule has 14 heteroatoms. The van der Waals surface area contributed by atoms with Gasteiger partial charge < -0.3 is 23.8 Å². The van der Waals surface area contributed by atoms with E-state index in [0.29, 0.717) is 41.5 Å². The van der Waals surface area contributed by atoms with Crippen molar-refractivity contribution in [3.05, 3.63) is 93.6 Å². The Hall–Kier alpha value is -2.91. The molecule has 0 aliphatic carbocycles. The van der Waals surface area contributed by atoms with Crippen molar-refractivity contribution in [2.75, 3.05) is 26.3 Å². The summed E-state index contributed by atoms with van der Waals surface area (Å²) >= 11 is 10.8. The zero-order valence-corrected chi connectivity index (χ0v) is 27.8. The lowest BCUT2D eigenvalue weighted by Crippen LogP contribution is -2.59. The molecule has 3 saturated heterocycles. The van der Waals surface area contributed by atoms with E-state index in [2.05, 4.69) is 31.2 Å². The van der Waals surface area contributed by atoms with Crippen molar-refractivity contribution in [3.63, 3.8) is 0 Å². The van der Waals surface area contributed by atoms with E-state index >= 15 is 0 Å². The van der Waals surface area contributed by atoms with Gasteiger partial charge >= 0.3 is 0 Å². The number of pyridine rings is 1. The number of ether oxygens (including phenoxy) is 4. The molecule has 46 heavy (non-hydrogen) atoms. The lowest BCUT2D eigenvalue weighted by molar-refractivity contribution is -0.309. The summed E-state index contributed by atoms with van der Waals surface area (Å²) in [5.74, 6) is -0.668. The molecule has 3 fully saturated rings. The van der Waals surface area contributed by atoms with Crippen LogP contribution in [-0.2, 0) is 18.9 Å². The van der Waals surface area contributed by atoms with Crippen molar-refractivity contribution < 1.29 is 28.1 Å². The molecular weight excluding hydrogens is 701 g/mol. The van der Waals surface area contributed by atoms with E-state index in [-0.39, 0.29) is 17.5 Å². The average molecular weight is 731 g/mol. The second kappa shape index (κ2) is 13.7. The maximum atomic E-state index is 14.4. The van der Waals surface area contributed by atoms with Gasteiger partial charge in [-0.05, 0) is 47.5 Å². The highest BCUT2D eigenvalue weighted by Gasteiger charge is 2.52. The maximum absolute atomic E-state index is 14.4. The van der Waals surface area contributed by atoms with E-state index in [4.69, 9.17) is 30.5 Å². The Morgan fingerprint density at radius 2 is 2.00 bits per heavy atom. The molecule has 2 aromatic carbocycles. The van der Waals surface area contributed by atoms with Gasteiger partial charge in [-0.25, -0.2) is 14.1 Å². The number of carbonyl (C=O) groups excluding carboxylic acids is 1. The number of fused-ring (bicyclic) bond motifs is 1. The van der Waals surface area contributed by atoms with Gasteiger partial charge in [-0.3, -0.25) is 4.79 Å². The lowest BCUT2D eigenvalue weighted by atomic mass is 9.95. The first-order valence-corrected chi connectivity index (χ1v) is 17.0. The fraction of sp³-hybridized carbons (Fsp3) is 0.375. The normalized spacial score (nSPS) is 26.0. The van der Waals surface area contributed by atoms with Gasteiger partial charge in [0.05, 0.1) is 17.8 Å². The molecule has 4 unspecified atom stereocenters. The standard InChI is InChI=1S/C32H30BrClFN5O5S/c1-2-42-29-27(40-16-23(37-38-40)19-9-10-21(34)22(35)13-19)28-24(17-43-31(45-28)18-7-4-3-5-8-18)44-32(29)46-25-14-20(33)15-36-26(25)30(41)39-11-6-12-39/h3-5,7-10,13-16,24,27-29,31-32H,2,6,11-12,17H2,1H3/t24?,27?,28-,29?,31?,32+/m0/s1. The van der Waals surface area contributed by atoms with Crippen molar-refractivity contribution in [2.45, 2.75) is 54.3 Å². The third kappa shape index (κ3) is 6.34. The predicted octanol–water partition coefficient (Wildman–Crippen LogP) is 6.32. The van der Waals surface area contributed by atoms with Crippen molar-refractivity contribution in [1.29, 1.82) is 0 Å². The zero-order valence-electron chi connectivity index (χ0n) is 24.7. The Morgan fingerprint density at radius 3 is 2.74 bits per heavy atom.